The summed E-state index contributed by atoms with van der Waals surface area (Å²) in [6.45, 7) is 4.56. The van der Waals surface area contributed by atoms with Gasteiger partial charge in [0, 0.05) is 37.9 Å². The largest absolute Gasteiger partial charge is 0.341 e. The molecule has 132 valence electrons. The highest BCUT2D eigenvalue weighted by atomic mass is 19.1. The number of halogens is 1. The van der Waals surface area contributed by atoms with Gasteiger partial charge >= 0.3 is 0 Å². The topological polar surface area (TPSA) is 38.1 Å². The van der Waals surface area contributed by atoms with Crippen LogP contribution in [0.1, 0.15) is 49.9 Å². The van der Waals surface area contributed by atoms with Gasteiger partial charge in [-0.05, 0) is 50.3 Å². The van der Waals surface area contributed by atoms with Crippen molar-refractivity contribution in [3.8, 4) is 0 Å². The van der Waals surface area contributed by atoms with Gasteiger partial charge in [-0.1, -0.05) is 12.1 Å². The molecule has 0 bridgehead atoms. The van der Waals surface area contributed by atoms with Crippen LogP contribution in [0, 0.1) is 5.82 Å². The van der Waals surface area contributed by atoms with Gasteiger partial charge < -0.3 is 9.47 Å². The zero-order valence-corrected chi connectivity index (χ0v) is 14.6. The van der Waals surface area contributed by atoms with E-state index in [4.69, 9.17) is 0 Å². The van der Waals surface area contributed by atoms with E-state index in [9.17, 15) is 9.18 Å². The average Bonchev–Trinajstić information content (AvgIpc) is 3.31. The minimum Gasteiger partial charge on any atom is -0.341 e. The second-order valence-electron chi connectivity index (χ2n) is 7.25. The molecule has 0 radical (unpaired) electrons. The number of aryl methyl sites for hydroxylation is 1. The maximum Gasteiger partial charge on any atom is 0.233 e. The molecule has 4 nitrogen and oxygen atoms in total. The zero-order chi connectivity index (χ0) is 17.4. The van der Waals surface area contributed by atoms with Crippen molar-refractivity contribution in [1.29, 1.82) is 0 Å². The van der Waals surface area contributed by atoms with E-state index in [0.717, 1.165) is 56.7 Å². The van der Waals surface area contributed by atoms with Gasteiger partial charge in [0.15, 0.2) is 0 Å². The molecular formula is C20H24FN3O. The van der Waals surface area contributed by atoms with Crippen molar-refractivity contribution >= 4 is 5.91 Å². The number of carbonyl (C=O) groups is 1. The molecule has 1 amide bonds. The number of piperidine rings is 1. The molecular weight excluding hydrogens is 317 g/mol. The zero-order valence-electron chi connectivity index (χ0n) is 14.6. The third kappa shape index (κ3) is 2.86. The normalized spacial score (nSPS) is 22.0. The lowest BCUT2D eigenvalue weighted by Gasteiger charge is -2.35. The smallest absolute Gasteiger partial charge is 0.233 e. The molecule has 4 rings (SSSR count). The van der Waals surface area contributed by atoms with Crippen molar-refractivity contribution in [2.45, 2.75) is 50.5 Å². The van der Waals surface area contributed by atoms with Crippen molar-refractivity contribution < 1.29 is 9.18 Å². The number of benzene rings is 1. The Labute approximate surface area is 147 Å². The van der Waals surface area contributed by atoms with E-state index in [1.54, 1.807) is 12.1 Å². The van der Waals surface area contributed by atoms with E-state index in [1.165, 1.54) is 12.1 Å². The number of hydrogen-bond acceptors (Lipinski definition) is 2. The first kappa shape index (κ1) is 16.3. The van der Waals surface area contributed by atoms with Crippen molar-refractivity contribution in [2.75, 3.05) is 13.1 Å². The van der Waals surface area contributed by atoms with Crippen LogP contribution in [-0.4, -0.2) is 33.4 Å². The Kier molecular flexibility index (Phi) is 4.10. The minimum absolute atomic E-state index is 0.207. The average molecular weight is 341 g/mol. The highest BCUT2D eigenvalue weighted by Gasteiger charge is 2.53. The molecule has 1 aromatic carbocycles. The molecule has 2 aromatic rings. The number of imidazole rings is 1. The van der Waals surface area contributed by atoms with E-state index in [2.05, 4.69) is 16.5 Å². The quantitative estimate of drug-likeness (QED) is 0.854. The van der Waals surface area contributed by atoms with Gasteiger partial charge in [-0.25, -0.2) is 9.37 Å². The SMILES string of the molecule is CCn1ccnc1[C@H]1CCCN(C(=O)C2(c3ccc(F)cc3)CC2)C1. The number of carbonyl (C=O) groups excluding carboxylic acids is 1. The minimum atomic E-state index is -0.421. The Hall–Kier alpha value is -2.17. The first-order valence-electron chi connectivity index (χ1n) is 9.20. The van der Waals surface area contributed by atoms with Crippen LogP contribution >= 0.6 is 0 Å². The molecule has 2 aliphatic rings. The maximum atomic E-state index is 13.2. The molecule has 0 spiro atoms. The summed E-state index contributed by atoms with van der Waals surface area (Å²) in [5.41, 5.74) is 0.534. The Balaban J connectivity index is 1.53. The van der Waals surface area contributed by atoms with Gasteiger partial charge in [-0.3, -0.25) is 4.79 Å². The van der Waals surface area contributed by atoms with Gasteiger partial charge in [0.25, 0.3) is 0 Å². The number of nitrogens with zero attached hydrogens (tertiary/aromatic N) is 3. The summed E-state index contributed by atoms with van der Waals surface area (Å²) in [5.74, 6) is 1.35. The van der Waals surface area contributed by atoms with Gasteiger partial charge in [0.1, 0.15) is 11.6 Å². The summed E-state index contributed by atoms with van der Waals surface area (Å²) in [6.07, 6.45) is 7.67. The Morgan fingerprint density at radius 1 is 1.32 bits per heavy atom. The molecule has 25 heavy (non-hydrogen) atoms. The summed E-state index contributed by atoms with van der Waals surface area (Å²) in [5, 5.41) is 0. The van der Waals surface area contributed by atoms with Gasteiger partial charge in [0.2, 0.25) is 5.91 Å². The lowest BCUT2D eigenvalue weighted by Crippen LogP contribution is -2.45. The van der Waals surface area contributed by atoms with Gasteiger partial charge in [-0.2, -0.15) is 0 Å². The van der Waals surface area contributed by atoms with Crippen LogP contribution < -0.4 is 0 Å². The van der Waals surface area contributed by atoms with Crippen molar-refractivity contribution in [3.05, 3.63) is 53.9 Å². The number of likely N-dealkylation sites (tertiary alicyclic amines) is 1. The van der Waals surface area contributed by atoms with Crippen LogP contribution in [0.3, 0.4) is 0 Å². The molecule has 2 fully saturated rings. The Morgan fingerprint density at radius 2 is 2.08 bits per heavy atom. The lowest BCUT2D eigenvalue weighted by atomic mass is 9.91. The van der Waals surface area contributed by atoms with E-state index < -0.39 is 5.41 Å². The highest BCUT2D eigenvalue weighted by molar-refractivity contribution is 5.91. The summed E-state index contributed by atoms with van der Waals surface area (Å²) in [6, 6.07) is 6.45. The predicted molar refractivity (Wildman–Crippen MR) is 93.8 cm³/mol. The summed E-state index contributed by atoms with van der Waals surface area (Å²) >= 11 is 0. The predicted octanol–water partition coefficient (Wildman–Crippen LogP) is 3.48. The fraction of sp³-hybridized carbons (Fsp3) is 0.500. The number of amides is 1. The number of hydrogen-bond donors (Lipinski definition) is 0. The second kappa shape index (κ2) is 6.28. The Morgan fingerprint density at radius 3 is 2.76 bits per heavy atom. The molecule has 2 heterocycles. The molecule has 1 aliphatic heterocycles. The highest BCUT2D eigenvalue weighted by Crippen LogP contribution is 2.50. The monoisotopic (exact) mass is 341 g/mol. The van der Waals surface area contributed by atoms with Crippen LogP contribution in [0.15, 0.2) is 36.7 Å². The van der Waals surface area contributed by atoms with Crippen molar-refractivity contribution in [1.82, 2.24) is 14.5 Å². The van der Waals surface area contributed by atoms with E-state index in [-0.39, 0.29) is 11.7 Å². The third-order valence-corrected chi connectivity index (χ3v) is 5.72. The lowest BCUT2D eigenvalue weighted by molar-refractivity contribution is -0.135. The Bertz CT molecular complexity index is 764. The van der Waals surface area contributed by atoms with Gasteiger partial charge in [0.05, 0.1) is 5.41 Å². The summed E-state index contributed by atoms with van der Waals surface area (Å²) in [4.78, 5) is 19.8. The van der Waals surface area contributed by atoms with Crippen LogP contribution in [0.25, 0.3) is 0 Å². The van der Waals surface area contributed by atoms with Crippen molar-refractivity contribution in [2.24, 2.45) is 0 Å². The molecule has 1 aromatic heterocycles. The fourth-order valence-corrected chi connectivity index (χ4v) is 4.14. The van der Waals surface area contributed by atoms with Crippen LogP contribution in [0.5, 0.6) is 0 Å². The van der Waals surface area contributed by atoms with Crippen LogP contribution in [0.2, 0.25) is 0 Å². The standard InChI is InChI=1S/C20H24FN3O/c1-2-23-13-11-22-18(23)15-4-3-12-24(14-15)19(25)20(9-10-20)16-5-7-17(21)8-6-16/h5-8,11,13,15H,2-4,9-10,12,14H2,1H3/t15-/m0/s1. The first-order chi connectivity index (χ1) is 12.1. The van der Waals surface area contributed by atoms with E-state index in [0.29, 0.717) is 5.92 Å². The molecule has 1 saturated carbocycles. The molecule has 0 N–H and O–H groups in total. The summed E-state index contributed by atoms with van der Waals surface area (Å²) < 4.78 is 15.4. The van der Waals surface area contributed by atoms with Crippen LogP contribution in [-0.2, 0) is 16.8 Å². The summed E-state index contributed by atoms with van der Waals surface area (Å²) in [7, 11) is 0. The molecule has 1 saturated heterocycles. The molecule has 1 atom stereocenters. The fourth-order valence-electron chi connectivity index (χ4n) is 4.14. The second-order valence-corrected chi connectivity index (χ2v) is 7.25. The van der Waals surface area contributed by atoms with Crippen LogP contribution in [0.4, 0.5) is 4.39 Å². The maximum absolute atomic E-state index is 13.2. The number of aromatic nitrogens is 2. The molecule has 5 heteroatoms. The van der Waals surface area contributed by atoms with Gasteiger partial charge in [-0.15, -0.1) is 0 Å². The molecule has 0 unspecified atom stereocenters. The third-order valence-electron chi connectivity index (χ3n) is 5.72. The van der Waals surface area contributed by atoms with Crippen molar-refractivity contribution in [3.63, 3.8) is 0 Å². The van der Waals surface area contributed by atoms with E-state index >= 15 is 0 Å². The molecule has 1 aliphatic carbocycles. The number of rotatable bonds is 4. The van der Waals surface area contributed by atoms with E-state index in [1.807, 2.05) is 17.3 Å². The first-order valence-corrected chi connectivity index (χ1v) is 9.20.